The van der Waals surface area contributed by atoms with E-state index in [-0.39, 0.29) is 0 Å². The summed E-state index contributed by atoms with van der Waals surface area (Å²) in [5, 5.41) is 2.47. The summed E-state index contributed by atoms with van der Waals surface area (Å²) in [7, 11) is 0. The molecule has 8 aromatic rings. The number of rotatable bonds is 6. The minimum Gasteiger partial charge on any atom is -0.0614 e. The van der Waals surface area contributed by atoms with E-state index in [1.165, 1.54) is 99.8 Å². The summed E-state index contributed by atoms with van der Waals surface area (Å²) in [5.41, 5.74) is 19.8. The van der Waals surface area contributed by atoms with Gasteiger partial charge in [-0.2, -0.15) is 0 Å². The van der Waals surface area contributed by atoms with E-state index in [1.54, 1.807) is 0 Å². The number of hydrogen-bond donors (Lipinski definition) is 0. The topological polar surface area (TPSA) is 0 Å². The van der Waals surface area contributed by atoms with Crippen molar-refractivity contribution in [1.82, 2.24) is 0 Å². The molecule has 0 spiro atoms. The van der Waals surface area contributed by atoms with Gasteiger partial charge in [-0.25, -0.2) is 0 Å². The monoisotopic (exact) mass is 640 g/mol. The Morgan fingerprint density at radius 3 is 0.680 bits per heavy atom. The number of fused-ring (bicyclic) bond motifs is 1. The van der Waals surface area contributed by atoms with Crippen LogP contribution in [0, 0.1) is 27.7 Å². The first-order valence-electron chi connectivity index (χ1n) is 17.5. The standard InChI is InChI=1S/C50H40/c1-33-9-5-13-37(21-33)45-27-46(38-14-6-10-34(2)22-38)30-49(29-45)43-19-17-42-26-44(20-18-41(42)25-43)50-31-47(39-15-7-11-35(3)23-39)28-48(32-50)40-16-8-12-36(4)24-40/h5-32H,1-4H3. The maximum absolute atomic E-state index is 2.34. The van der Waals surface area contributed by atoms with Crippen LogP contribution in [0.3, 0.4) is 0 Å². The highest BCUT2D eigenvalue weighted by Crippen LogP contribution is 2.37. The van der Waals surface area contributed by atoms with Gasteiger partial charge in [-0.1, -0.05) is 144 Å². The largest absolute Gasteiger partial charge is 0.0614 e. The van der Waals surface area contributed by atoms with Crippen molar-refractivity contribution >= 4 is 10.8 Å². The van der Waals surface area contributed by atoms with E-state index in [2.05, 4.69) is 198 Å². The van der Waals surface area contributed by atoms with Crippen molar-refractivity contribution in [2.75, 3.05) is 0 Å². The predicted molar refractivity (Wildman–Crippen MR) is 216 cm³/mol. The molecular weight excluding hydrogens is 601 g/mol. The Morgan fingerprint density at radius 2 is 0.440 bits per heavy atom. The molecule has 50 heavy (non-hydrogen) atoms. The van der Waals surface area contributed by atoms with Crippen LogP contribution in [-0.4, -0.2) is 0 Å². The molecule has 0 unspecified atom stereocenters. The molecule has 0 heterocycles. The van der Waals surface area contributed by atoms with Gasteiger partial charge in [0.1, 0.15) is 0 Å². The second-order valence-electron chi connectivity index (χ2n) is 13.9. The molecule has 0 aliphatic rings. The van der Waals surface area contributed by atoms with E-state index < -0.39 is 0 Å². The highest BCUT2D eigenvalue weighted by Gasteiger charge is 2.12. The third kappa shape index (κ3) is 6.53. The maximum Gasteiger partial charge on any atom is -0.0171 e. The van der Waals surface area contributed by atoms with Crippen LogP contribution in [0.5, 0.6) is 0 Å². The number of aryl methyl sites for hydroxylation is 4. The molecule has 0 nitrogen and oxygen atoms in total. The Kier molecular flexibility index (Phi) is 8.23. The molecule has 0 atom stereocenters. The average molecular weight is 641 g/mol. The lowest BCUT2D eigenvalue weighted by atomic mass is 9.90. The first kappa shape index (κ1) is 31.3. The summed E-state index contributed by atoms with van der Waals surface area (Å²) in [6.07, 6.45) is 0. The van der Waals surface area contributed by atoms with E-state index >= 15 is 0 Å². The van der Waals surface area contributed by atoms with Gasteiger partial charge in [0.15, 0.2) is 0 Å². The van der Waals surface area contributed by atoms with E-state index in [9.17, 15) is 0 Å². The van der Waals surface area contributed by atoms with Crippen molar-refractivity contribution < 1.29 is 0 Å². The number of benzene rings is 8. The lowest BCUT2D eigenvalue weighted by molar-refractivity contribution is 1.45. The fourth-order valence-electron chi connectivity index (χ4n) is 7.16. The Morgan fingerprint density at radius 1 is 0.200 bits per heavy atom. The molecular formula is C50H40. The SMILES string of the molecule is Cc1cccc(-c2cc(-c3cccc(C)c3)cc(-c3ccc4cc(-c5cc(-c6cccc(C)c6)cc(-c6cccc(C)c6)c5)ccc4c3)c2)c1. The van der Waals surface area contributed by atoms with Gasteiger partial charge in [-0.15, -0.1) is 0 Å². The quantitative estimate of drug-likeness (QED) is 0.170. The van der Waals surface area contributed by atoms with Crippen LogP contribution in [0.2, 0.25) is 0 Å². The Hall–Kier alpha value is -5.98. The first-order chi connectivity index (χ1) is 24.3. The summed E-state index contributed by atoms with van der Waals surface area (Å²) in [6.45, 7) is 8.65. The molecule has 0 aliphatic carbocycles. The lowest BCUT2D eigenvalue weighted by Gasteiger charge is -2.14. The van der Waals surface area contributed by atoms with E-state index in [1.807, 2.05) is 0 Å². The average Bonchev–Trinajstić information content (AvgIpc) is 3.14. The molecule has 0 aliphatic heterocycles. The highest BCUT2D eigenvalue weighted by atomic mass is 14.2. The van der Waals surface area contributed by atoms with Crippen LogP contribution in [-0.2, 0) is 0 Å². The zero-order valence-corrected chi connectivity index (χ0v) is 29.2. The van der Waals surface area contributed by atoms with Crippen LogP contribution in [0.25, 0.3) is 77.5 Å². The molecule has 8 rings (SSSR count). The van der Waals surface area contributed by atoms with E-state index in [0.717, 1.165) is 0 Å². The molecule has 0 saturated heterocycles. The van der Waals surface area contributed by atoms with E-state index in [0.29, 0.717) is 0 Å². The summed E-state index contributed by atoms with van der Waals surface area (Å²) in [5.74, 6) is 0. The number of hydrogen-bond acceptors (Lipinski definition) is 0. The minimum atomic E-state index is 1.22. The van der Waals surface area contributed by atoms with Crippen LogP contribution in [0.15, 0.2) is 170 Å². The molecule has 0 heteroatoms. The van der Waals surface area contributed by atoms with Gasteiger partial charge < -0.3 is 0 Å². The Balaban J connectivity index is 1.22. The second kappa shape index (κ2) is 13.1. The third-order valence-corrected chi connectivity index (χ3v) is 9.78. The summed E-state index contributed by atoms with van der Waals surface area (Å²) < 4.78 is 0. The Bertz CT molecular complexity index is 2220. The Labute approximate surface area is 296 Å². The fourth-order valence-corrected chi connectivity index (χ4v) is 7.16. The summed E-state index contributed by atoms with van der Waals surface area (Å²) in [6, 6.07) is 63.1. The van der Waals surface area contributed by atoms with Crippen molar-refractivity contribution in [3.8, 4) is 66.8 Å². The van der Waals surface area contributed by atoms with Gasteiger partial charge in [0, 0.05) is 0 Å². The third-order valence-electron chi connectivity index (χ3n) is 9.78. The molecule has 0 N–H and O–H groups in total. The molecule has 0 amide bonds. The molecule has 0 aromatic heterocycles. The van der Waals surface area contributed by atoms with Crippen LogP contribution in [0.1, 0.15) is 22.3 Å². The van der Waals surface area contributed by atoms with Gasteiger partial charge >= 0.3 is 0 Å². The molecule has 0 bridgehead atoms. The van der Waals surface area contributed by atoms with Crippen molar-refractivity contribution in [1.29, 1.82) is 0 Å². The first-order valence-corrected chi connectivity index (χ1v) is 17.5. The van der Waals surface area contributed by atoms with Gasteiger partial charge in [0.2, 0.25) is 0 Å². The normalized spacial score (nSPS) is 11.2. The van der Waals surface area contributed by atoms with Gasteiger partial charge in [0.05, 0.1) is 0 Å². The highest BCUT2D eigenvalue weighted by molar-refractivity contribution is 5.93. The van der Waals surface area contributed by atoms with Crippen molar-refractivity contribution in [3.63, 3.8) is 0 Å². The zero-order valence-electron chi connectivity index (χ0n) is 29.2. The molecule has 240 valence electrons. The predicted octanol–water partition coefficient (Wildman–Crippen LogP) is 14.1. The van der Waals surface area contributed by atoms with E-state index in [4.69, 9.17) is 0 Å². The van der Waals surface area contributed by atoms with Crippen molar-refractivity contribution in [3.05, 3.63) is 192 Å². The van der Waals surface area contributed by atoms with Gasteiger partial charge in [0.25, 0.3) is 0 Å². The van der Waals surface area contributed by atoms with Crippen molar-refractivity contribution in [2.24, 2.45) is 0 Å². The smallest absolute Gasteiger partial charge is 0.0171 e. The second-order valence-corrected chi connectivity index (χ2v) is 13.9. The summed E-state index contributed by atoms with van der Waals surface area (Å²) in [4.78, 5) is 0. The fraction of sp³-hybridized carbons (Fsp3) is 0.0800. The van der Waals surface area contributed by atoms with Crippen LogP contribution < -0.4 is 0 Å². The van der Waals surface area contributed by atoms with Gasteiger partial charge in [-0.05, 0) is 154 Å². The summed E-state index contributed by atoms with van der Waals surface area (Å²) >= 11 is 0. The maximum atomic E-state index is 2.34. The van der Waals surface area contributed by atoms with Crippen LogP contribution >= 0.6 is 0 Å². The molecule has 0 fully saturated rings. The minimum absolute atomic E-state index is 1.22. The lowest BCUT2D eigenvalue weighted by Crippen LogP contribution is -1.89. The molecule has 0 saturated carbocycles. The van der Waals surface area contributed by atoms with Crippen molar-refractivity contribution in [2.45, 2.75) is 27.7 Å². The zero-order chi connectivity index (χ0) is 34.2. The van der Waals surface area contributed by atoms with Gasteiger partial charge in [-0.3, -0.25) is 0 Å². The molecule has 8 aromatic carbocycles. The molecule has 0 radical (unpaired) electrons. The van der Waals surface area contributed by atoms with Crippen LogP contribution in [0.4, 0.5) is 0 Å².